The molecule has 2 unspecified atom stereocenters. The molecule has 0 spiro atoms. The lowest BCUT2D eigenvalue weighted by atomic mass is 9.87. The van der Waals surface area contributed by atoms with E-state index in [4.69, 9.17) is 10.5 Å². The van der Waals surface area contributed by atoms with E-state index in [1.54, 1.807) is 0 Å². The molecular weight excluding hydrogens is 248 g/mol. The zero-order valence-electron chi connectivity index (χ0n) is 12.8. The van der Waals surface area contributed by atoms with Crippen LogP contribution >= 0.6 is 0 Å². The smallest absolute Gasteiger partial charge is 0.119 e. The first-order chi connectivity index (χ1) is 9.72. The normalized spacial score (nSPS) is 23.8. The maximum atomic E-state index is 5.87. The first-order valence-electron chi connectivity index (χ1n) is 7.87. The molecule has 2 atom stereocenters. The largest absolute Gasteiger partial charge is 0.494 e. The van der Waals surface area contributed by atoms with Gasteiger partial charge >= 0.3 is 0 Å². The van der Waals surface area contributed by atoms with E-state index in [1.165, 1.54) is 18.5 Å². The average molecular weight is 276 g/mol. The van der Waals surface area contributed by atoms with Crippen molar-refractivity contribution in [1.29, 1.82) is 0 Å². The highest BCUT2D eigenvalue weighted by Gasteiger charge is 2.24. The summed E-state index contributed by atoms with van der Waals surface area (Å²) in [7, 11) is 0. The number of piperidine rings is 1. The summed E-state index contributed by atoms with van der Waals surface area (Å²) in [5.74, 6) is 2.39. The van der Waals surface area contributed by atoms with E-state index >= 15 is 0 Å². The summed E-state index contributed by atoms with van der Waals surface area (Å²) in [5.41, 5.74) is 7.23. The van der Waals surface area contributed by atoms with Gasteiger partial charge in [0, 0.05) is 13.1 Å². The second kappa shape index (κ2) is 7.65. The highest BCUT2D eigenvalue weighted by Crippen LogP contribution is 2.24. The van der Waals surface area contributed by atoms with Crippen molar-refractivity contribution in [1.82, 2.24) is 4.90 Å². The quantitative estimate of drug-likeness (QED) is 0.868. The second-order valence-electron chi connectivity index (χ2n) is 5.99. The fraction of sp³-hybridized carbons (Fsp3) is 0.647. The minimum absolute atomic E-state index is 0.649. The number of nitrogens with zero attached hydrogens (tertiary/aromatic N) is 1. The molecule has 0 aliphatic carbocycles. The third kappa shape index (κ3) is 4.22. The zero-order valence-corrected chi connectivity index (χ0v) is 12.8. The number of hydrogen-bond donors (Lipinski definition) is 1. The standard InChI is InChI=1S/C17H28N2O/c1-3-10-20-17-6-4-15(5-7-17)12-19-9-8-14(2)16(11-18)13-19/h4-7,14,16H,3,8-13,18H2,1-2H3. The van der Waals surface area contributed by atoms with Gasteiger partial charge in [-0.15, -0.1) is 0 Å². The summed E-state index contributed by atoms with van der Waals surface area (Å²) in [6.07, 6.45) is 2.31. The Balaban J connectivity index is 1.86. The number of rotatable bonds is 6. The monoisotopic (exact) mass is 276 g/mol. The molecule has 1 heterocycles. The Bertz CT molecular complexity index is 390. The summed E-state index contributed by atoms with van der Waals surface area (Å²) in [6, 6.07) is 8.52. The Labute approximate surface area is 123 Å². The molecule has 1 aliphatic heterocycles. The average Bonchev–Trinajstić information content (AvgIpc) is 2.48. The maximum Gasteiger partial charge on any atom is 0.119 e. The topological polar surface area (TPSA) is 38.5 Å². The summed E-state index contributed by atoms with van der Waals surface area (Å²) in [6.45, 7) is 9.39. The number of nitrogens with two attached hydrogens (primary N) is 1. The van der Waals surface area contributed by atoms with Crippen LogP contribution in [-0.4, -0.2) is 31.1 Å². The second-order valence-corrected chi connectivity index (χ2v) is 5.99. The van der Waals surface area contributed by atoms with E-state index < -0.39 is 0 Å². The Morgan fingerprint density at radius 3 is 2.70 bits per heavy atom. The van der Waals surface area contributed by atoms with Crippen LogP contribution in [0.3, 0.4) is 0 Å². The van der Waals surface area contributed by atoms with Crippen molar-refractivity contribution in [3.05, 3.63) is 29.8 Å². The van der Waals surface area contributed by atoms with E-state index in [-0.39, 0.29) is 0 Å². The van der Waals surface area contributed by atoms with E-state index in [1.807, 2.05) is 0 Å². The molecule has 1 fully saturated rings. The summed E-state index contributed by atoms with van der Waals surface area (Å²) >= 11 is 0. The van der Waals surface area contributed by atoms with Crippen molar-refractivity contribution >= 4 is 0 Å². The molecule has 0 saturated carbocycles. The predicted octanol–water partition coefficient (Wildman–Crippen LogP) is 2.89. The van der Waals surface area contributed by atoms with Crippen LogP contribution in [0, 0.1) is 11.8 Å². The molecule has 1 saturated heterocycles. The first kappa shape index (κ1) is 15.3. The Hall–Kier alpha value is -1.06. The molecule has 0 bridgehead atoms. The lowest BCUT2D eigenvalue weighted by Gasteiger charge is -2.36. The lowest BCUT2D eigenvalue weighted by molar-refractivity contribution is 0.126. The minimum Gasteiger partial charge on any atom is -0.494 e. The summed E-state index contributed by atoms with van der Waals surface area (Å²) in [5, 5.41) is 0. The Morgan fingerprint density at radius 2 is 2.05 bits per heavy atom. The van der Waals surface area contributed by atoms with Gasteiger partial charge in [-0.1, -0.05) is 26.0 Å². The number of benzene rings is 1. The van der Waals surface area contributed by atoms with Gasteiger partial charge in [-0.2, -0.15) is 0 Å². The van der Waals surface area contributed by atoms with Gasteiger partial charge in [0.1, 0.15) is 5.75 Å². The number of hydrogen-bond acceptors (Lipinski definition) is 3. The number of likely N-dealkylation sites (tertiary alicyclic amines) is 1. The fourth-order valence-electron chi connectivity index (χ4n) is 2.84. The number of ether oxygens (including phenoxy) is 1. The van der Waals surface area contributed by atoms with Gasteiger partial charge in [0.25, 0.3) is 0 Å². The van der Waals surface area contributed by atoms with Crippen LogP contribution < -0.4 is 10.5 Å². The van der Waals surface area contributed by atoms with Crippen LogP contribution in [-0.2, 0) is 6.54 Å². The van der Waals surface area contributed by atoms with Crippen molar-refractivity contribution in [2.75, 3.05) is 26.2 Å². The summed E-state index contributed by atoms with van der Waals surface area (Å²) in [4.78, 5) is 2.53. The summed E-state index contributed by atoms with van der Waals surface area (Å²) < 4.78 is 5.62. The van der Waals surface area contributed by atoms with Crippen LogP contribution in [0.15, 0.2) is 24.3 Å². The van der Waals surface area contributed by atoms with Crippen LogP contribution in [0.5, 0.6) is 5.75 Å². The van der Waals surface area contributed by atoms with Gasteiger partial charge in [-0.05, 0) is 55.5 Å². The molecule has 0 amide bonds. The van der Waals surface area contributed by atoms with Crippen molar-refractivity contribution in [3.8, 4) is 5.75 Å². The molecule has 3 heteroatoms. The molecule has 0 aromatic heterocycles. The van der Waals surface area contributed by atoms with Gasteiger partial charge in [0.05, 0.1) is 6.61 Å². The van der Waals surface area contributed by atoms with E-state index in [9.17, 15) is 0 Å². The van der Waals surface area contributed by atoms with Gasteiger partial charge in [0.2, 0.25) is 0 Å². The highest BCUT2D eigenvalue weighted by atomic mass is 16.5. The first-order valence-corrected chi connectivity index (χ1v) is 7.87. The van der Waals surface area contributed by atoms with Gasteiger partial charge in [-0.25, -0.2) is 0 Å². The molecule has 20 heavy (non-hydrogen) atoms. The van der Waals surface area contributed by atoms with Gasteiger partial charge in [-0.3, -0.25) is 4.90 Å². The molecule has 2 rings (SSSR count). The van der Waals surface area contributed by atoms with E-state index in [2.05, 4.69) is 43.0 Å². The van der Waals surface area contributed by atoms with Crippen molar-refractivity contribution in [2.24, 2.45) is 17.6 Å². The van der Waals surface area contributed by atoms with Gasteiger partial charge < -0.3 is 10.5 Å². The van der Waals surface area contributed by atoms with Crippen molar-refractivity contribution < 1.29 is 4.74 Å². The van der Waals surface area contributed by atoms with Gasteiger partial charge in [0.15, 0.2) is 0 Å². The molecule has 2 N–H and O–H groups in total. The lowest BCUT2D eigenvalue weighted by Crippen LogP contribution is -2.42. The Kier molecular flexibility index (Phi) is 5.86. The molecule has 1 aromatic rings. The minimum atomic E-state index is 0.649. The predicted molar refractivity (Wildman–Crippen MR) is 83.8 cm³/mol. The van der Waals surface area contributed by atoms with E-state index in [0.717, 1.165) is 44.3 Å². The zero-order chi connectivity index (χ0) is 14.4. The third-order valence-corrected chi connectivity index (χ3v) is 4.30. The fourth-order valence-corrected chi connectivity index (χ4v) is 2.84. The SMILES string of the molecule is CCCOc1ccc(CN2CCC(C)C(CN)C2)cc1. The van der Waals surface area contributed by atoms with E-state index in [0.29, 0.717) is 5.92 Å². The maximum absolute atomic E-state index is 5.87. The van der Waals surface area contributed by atoms with Crippen LogP contribution in [0.1, 0.15) is 32.3 Å². The highest BCUT2D eigenvalue weighted by molar-refractivity contribution is 5.27. The molecular formula is C17H28N2O. The Morgan fingerprint density at radius 1 is 1.30 bits per heavy atom. The molecule has 3 nitrogen and oxygen atoms in total. The molecule has 1 aliphatic rings. The van der Waals surface area contributed by atoms with Crippen LogP contribution in [0.2, 0.25) is 0 Å². The van der Waals surface area contributed by atoms with Crippen LogP contribution in [0.25, 0.3) is 0 Å². The molecule has 112 valence electrons. The molecule has 1 aromatic carbocycles. The van der Waals surface area contributed by atoms with Crippen molar-refractivity contribution in [2.45, 2.75) is 33.2 Å². The molecule has 0 radical (unpaired) electrons. The third-order valence-electron chi connectivity index (χ3n) is 4.30. The van der Waals surface area contributed by atoms with Crippen LogP contribution in [0.4, 0.5) is 0 Å². The van der Waals surface area contributed by atoms with Crippen molar-refractivity contribution in [3.63, 3.8) is 0 Å².